The molecule has 0 saturated carbocycles. The van der Waals surface area contributed by atoms with E-state index in [2.05, 4.69) is 20.8 Å². The van der Waals surface area contributed by atoms with Crippen LogP contribution in [-0.4, -0.2) is 31.0 Å². The molecule has 4 nitrogen and oxygen atoms in total. The Kier molecular flexibility index (Phi) is 5.21. The van der Waals surface area contributed by atoms with Gasteiger partial charge in [0.25, 0.3) is 5.91 Å². The van der Waals surface area contributed by atoms with Crippen LogP contribution in [0.2, 0.25) is 0 Å². The molecule has 2 N–H and O–H groups in total. The molecule has 0 heterocycles. The number of nitrogens with zero attached hydrogens (tertiary/aromatic N) is 1. The molecule has 1 aromatic rings. The van der Waals surface area contributed by atoms with Gasteiger partial charge in [-0.15, -0.1) is 0 Å². The Morgan fingerprint density at radius 2 is 2.00 bits per heavy atom. The third kappa shape index (κ3) is 3.88. The first-order chi connectivity index (χ1) is 8.86. The second-order valence-electron chi connectivity index (χ2n) is 5.35. The quantitative estimate of drug-likeness (QED) is 0.832. The van der Waals surface area contributed by atoms with Gasteiger partial charge in [-0.3, -0.25) is 4.79 Å². The minimum atomic E-state index is -0.00792. The molecule has 1 atom stereocenters. The SMILES string of the molecule is COc1cc(C(=O)N(C)C(C)CC(C)C)ccc1N. The Morgan fingerprint density at radius 3 is 2.53 bits per heavy atom. The molecule has 0 aliphatic rings. The zero-order valence-electron chi connectivity index (χ0n) is 12.4. The van der Waals surface area contributed by atoms with Crippen molar-refractivity contribution in [2.45, 2.75) is 33.2 Å². The molecule has 0 fully saturated rings. The highest BCUT2D eigenvalue weighted by molar-refractivity contribution is 5.95. The second-order valence-corrected chi connectivity index (χ2v) is 5.35. The lowest BCUT2D eigenvalue weighted by Crippen LogP contribution is -2.35. The largest absolute Gasteiger partial charge is 0.495 e. The summed E-state index contributed by atoms with van der Waals surface area (Å²) in [6, 6.07) is 5.33. The number of ether oxygens (including phenoxy) is 1. The van der Waals surface area contributed by atoms with Crippen molar-refractivity contribution in [3.05, 3.63) is 23.8 Å². The number of amides is 1. The summed E-state index contributed by atoms with van der Waals surface area (Å²) in [5.74, 6) is 1.09. The molecule has 1 amide bonds. The van der Waals surface area contributed by atoms with Crippen molar-refractivity contribution in [3.63, 3.8) is 0 Å². The molecular formula is C15H24N2O2. The normalized spacial score (nSPS) is 12.3. The number of rotatable bonds is 5. The summed E-state index contributed by atoms with van der Waals surface area (Å²) in [5.41, 5.74) is 6.89. The van der Waals surface area contributed by atoms with E-state index in [0.717, 1.165) is 6.42 Å². The van der Waals surface area contributed by atoms with Gasteiger partial charge < -0.3 is 15.4 Å². The molecular weight excluding hydrogens is 240 g/mol. The van der Waals surface area contributed by atoms with Crippen LogP contribution in [0, 0.1) is 5.92 Å². The number of hydrogen-bond acceptors (Lipinski definition) is 3. The molecule has 0 aliphatic carbocycles. The van der Waals surface area contributed by atoms with Gasteiger partial charge in [-0.05, 0) is 37.5 Å². The van der Waals surface area contributed by atoms with Crippen LogP contribution in [0.5, 0.6) is 5.75 Å². The predicted octanol–water partition coefficient (Wildman–Crippen LogP) is 2.78. The van der Waals surface area contributed by atoms with Gasteiger partial charge in [0.2, 0.25) is 0 Å². The average Bonchev–Trinajstić information content (AvgIpc) is 2.36. The maximum atomic E-state index is 12.4. The van der Waals surface area contributed by atoms with Gasteiger partial charge in [0.1, 0.15) is 5.75 Å². The lowest BCUT2D eigenvalue weighted by Gasteiger charge is -2.26. The van der Waals surface area contributed by atoms with Crippen LogP contribution in [0.15, 0.2) is 18.2 Å². The van der Waals surface area contributed by atoms with E-state index in [9.17, 15) is 4.79 Å². The van der Waals surface area contributed by atoms with Crippen molar-refractivity contribution in [3.8, 4) is 5.75 Å². The predicted molar refractivity (Wildman–Crippen MR) is 78.4 cm³/mol. The van der Waals surface area contributed by atoms with Crippen molar-refractivity contribution < 1.29 is 9.53 Å². The Hall–Kier alpha value is -1.71. The Bertz CT molecular complexity index is 444. The van der Waals surface area contributed by atoms with Crippen LogP contribution in [-0.2, 0) is 0 Å². The molecule has 1 rings (SSSR count). The first-order valence-corrected chi connectivity index (χ1v) is 6.57. The smallest absolute Gasteiger partial charge is 0.253 e. The molecule has 0 aliphatic heterocycles. The Labute approximate surface area is 115 Å². The van der Waals surface area contributed by atoms with E-state index in [1.165, 1.54) is 0 Å². The molecule has 0 radical (unpaired) electrons. The number of nitrogen functional groups attached to an aromatic ring is 1. The van der Waals surface area contributed by atoms with E-state index in [0.29, 0.717) is 22.9 Å². The zero-order chi connectivity index (χ0) is 14.6. The van der Waals surface area contributed by atoms with Crippen LogP contribution in [0.1, 0.15) is 37.6 Å². The van der Waals surface area contributed by atoms with Crippen molar-refractivity contribution in [1.82, 2.24) is 4.90 Å². The van der Waals surface area contributed by atoms with Gasteiger partial charge in [0, 0.05) is 18.7 Å². The van der Waals surface area contributed by atoms with Crippen LogP contribution in [0.4, 0.5) is 5.69 Å². The molecule has 4 heteroatoms. The van der Waals surface area contributed by atoms with Crippen LogP contribution in [0.3, 0.4) is 0 Å². The van der Waals surface area contributed by atoms with Crippen molar-refractivity contribution >= 4 is 11.6 Å². The highest BCUT2D eigenvalue weighted by Gasteiger charge is 2.19. The number of anilines is 1. The zero-order valence-corrected chi connectivity index (χ0v) is 12.4. The van der Waals surface area contributed by atoms with E-state index < -0.39 is 0 Å². The summed E-state index contributed by atoms with van der Waals surface area (Å²) in [5, 5.41) is 0. The summed E-state index contributed by atoms with van der Waals surface area (Å²) < 4.78 is 5.14. The van der Waals surface area contributed by atoms with E-state index in [-0.39, 0.29) is 11.9 Å². The van der Waals surface area contributed by atoms with Crippen LogP contribution in [0.25, 0.3) is 0 Å². The van der Waals surface area contributed by atoms with Gasteiger partial charge in [-0.1, -0.05) is 13.8 Å². The van der Waals surface area contributed by atoms with E-state index in [4.69, 9.17) is 10.5 Å². The van der Waals surface area contributed by atoms with Gasteiger partial charge in [-0.25, -0.2) is 0 Å². The Balaban J connectivity index is 2.87. The molecule has 0 bridgehead atoms. The first kappa shape index (κ1) is 15.3. The van der Waals surface area contributed by atoms with Crippen LogP contribution >= 0.6 is 0 Å². The maximum Gasteiger partial charge on any atom is 0.253 e. The molecule has 1 aromatic carbocycles. The Morgan fingerprint density at radius 1 is 1.37 bits per heavy atom. The van der Waals surface area contributed by atoms with E-state index in [1.54, 1.807) is 30.2 Å². The minimum Gasteiger partial charge on any atom is -0.495 e. The summed E-state index contributed by atoms with van der Waals surface area (Å²) in [7, 11) is 3.38. The minimum absolute atomic E-state index is 0.00792. The van der Waals surface area contributed by atoms with Gasteiger partial charge in [0.15, 0.2) is 0 Å². The summed E-state index contributed by atoms with van der Waals surface area (Å²) in [6.45, 7) is 6.37. The number of hydrogen-bond donors (Lipinski definition) is 1. The average molecular weight is 264 g/mol. The summed E-state index contributed by atoms with van der Waals surface area (Å²) in [4.78, 5) is 14.1. The topological polar surface area (TPSA) is 55.6 Å². The second kappa shape index (κ2) is 6.45. The number of methoxy groups -OCH3 is 1. The molecule has 0 saturated heterocycles. The molecule has 0 spiro atoms. The molecule has 19 heavy (non-hydrogen) atoms. The van der Waals surface area contributed by atoms with Crippen molar-refractivity contribution in [1.29, 1.82) is 0 Å². The fourth-order valence-electron chi connectivity index (χ4n) is 2.09. The lowest BCUT2D eigenvalue weighted by atomic mass is 10.0. The van der Waals surface area contributed by atoms with Gasteiger partial charge in [0.05, 0.1) is 12.8 Å². The third-order valence-electron chi connectivity index (χ3n) is 3.27. The molecule has 1 unspecified atom stereocenters. The highest BCUT2D eigenvalue weighted by Crippen LogP contribution is 2.23. The number of benzene rings is 1. The summed E-state index contributed by atoms with van der Waals surface area (Å²) >= 11 is 0. The summed E-state index contributed by atoms with van der Waals surface area (Å²) in [6.07, 6.45) is 0.981. The fraction of sp³-hybridized carbons (Fsp3) is 0.533. The van der Waals surface area contributed by atoms with E-state index in [1.807, 2.05) is 7.05 Å². The molecule has 106 valence electrons. The monoisotopic (exact) mass is 264 g/mol. The standard InChI is InChI=1S/C15H24N2O2/c1-10(2)8-11(3)17(4)15(18)12-6-7-13(16)14(9-12)19-5/h6-7,9-11H,8,16H2,1-5H3. The maximum absolute atomic E-state index is 12.4. The number of carbonyl (C=O) groups is 1. The fourth-order valence-corrected chi connectivity index (χ4v) is 2.09. The van der Waals surface area contributed by atoms with Crippen molar-refractivity contribution in [2.75, 3.05) is 19.9 Å². The highest BCUT2D eigenvalue weighted by atomic mass is 16.5. The van der Waals surface area contributed by atoms with Crippen molar-refractivity contribution in [2.24, 2.45) is 5.92 Å². The van der Waals surface area contributed by atoms with Gasteiger partial charge in [-0.2, -0.15) is 0 Å². The number of carbonyl (C=O) groups excluding carboxylic acids is 1. The van der Waals surface area contributed by atoms with E-state index >= 15 is 0 Å². The van der Waals surface area contributed by atoms with Gasteiger partial charge >= 0.3 is 0 Å². The lowest BCUT2D eigenvalue weighted by molar-refractivity contribution is 0.0728. The molecule has 0 aromatic heterocycles. The first-order valence-electron chi connectivity index (χ1n) is 6.57. The number of nitrogens with two attached hydrogens (primary N) is 1. The van der Waals surface area contributed by atoms with Crippen LogP contribution < -0.4 is 10.5 Å². The third-order valence-corrected chi connectivity index (χ3v) is 3.27.